The van der Waals surface area contributed by atoms with Gasteiger partial charge in [0, 0.05) is 44.3 Å². The number of hydrogen-bond acceptors (Lipinski definition) is 4. The minimum Gasteiger partial charge on any atom is -0.347 e. The molecule has 7 nitrogen and oxygen atoms in total. The minimum absolute atomic E-state index is 0.105. The van der Waals surface area contributed by atoms with Gasteiger partial charge in [0.2, 0.25) is 10.0 Å². The van der Waals surface area contributed by atoms with Gasteiger partial charge in [-0.25, -0.2) is 17.5 Å². The Kier molecular flexibility index (Phi) is 8.21. The molecule has 3 fully saturated rings. The fraction of sp³-hybridized carbons (Fsp3) is 0.531. The predicted octanol–water partition coefficient (Wildman–Crippen LogP) is 4.70. The van der Waals surface area contributed by atoms with E-state index in [9.17, 15) is 17.6 Å². The van der Waals surface area contributed by atoms with Crippen molar-refractivity contribution in [3.8, 4) is 0 Å². The Balaban J connectivity index is 1.11. The molecule has 0 bridgehead atoms. The number of aryl methyl sites for hydroxylation is 1. The van der Waals surface area contributed by atoms with E-state index in [1.54, 1.807) is 12.1 Å². The van der Waals surface area contributed by atoms with Crippen molar-refractivity contribution in [1.29, 1.82) is 0 Å². The highest BCUT2D eigenvalue weighted by molar-refractivity contribution is 7.88. The van der Waals surface area contributed by atoms with Gasteiger partial charge in [0.25, 0.3) is 5.91 Å². The van der Waals surface area contributed by atoms with Gasteiger partial charge in [0.1, 0.15) is 5.82 Å². The Labute approximate surface area is 242 Å². The molecule has 1 aliphatic carbocycles. The van der Waals surface area contributed by atoms with Crippen LogP contribution in [0.3, 0.4) is 0 Å². The summed E-state index contributed by atoms with van der Waals surface area (Å²) in [7, 11) is -3.22. The van der Waals surface area contributed by atoms with Crippen molar-refractivity contribution in [2.45, 2.75) is 44.6 Å². The number of aromatic nitrogens is 1. The minimum atomic E-state index is -3.22. The second-order valence-corrected chi connectivity index (χ2v) is 14.2. The molecule has 1 N–H and O–H groups in total. The maximum absolute atomic E-state index is 14.0. The standard InChI is InChI=1S/C32H41FN4O3S/c1-41(39,40)34-15-3-16-36-19-14-26-4-2-5-29(31(26)36)32(38)37-21-27(30(22-37)25-6-7-25)20-35-17-12-24(13-18-35)23-8-10-28(33)11-9-23/h2,4-5,8-11,14,19,24-25,27,30,34H,3,6-7,12-13,15-18,20-22H2,1H3. The number of likely N-dealkylation sites (tertiary alicyclic amines) is 2. The first-order valence-electron chi connectivity index (χ1n) is 15.0. The van der Waals surface area contributed by atoms with Crippen LogP contribution in [0, 0.1) is 23.6 Å². The van der Waals surface area contributed by atoms with Gasteiger partial charge >= 0.3 is 0 Å². The Morgan fingerprint density at radius 3 is 2.46 bits per heavy atom. The number of carbonyl (C=O) groups is 1. The van der Waals surface area contributed by atoms with Gasteiger partial charge in [-0.2, -0.15) is 0 Å². The summed E-state index contributed by atoms with van der Waals surface area (Å²) in [6.07, 6.45) is 8.54. The summed E-state index contributed by atoms with van der Waals surface area (Å²) in [6.45, 7) is 5.76. The van der Waals surface area contributed by atoms with Crippen LogP contribution in [0.2, 0.25) is 0 Å². The summed E-state index contributed by atoms with van der Waals surface area (Å²) in [5.41, 5.74) is 2.91. The number of carbonyl (C=O) groups excluding carboxylic acids is 1. The van der Waals surface area contributed by atoms with Crippen molar-refractivity contribution in [3.05, 3.63) is 71.7 Å². The zero-order chi connectivity index (χ0) is 28.6. The molecule has 0 spiro atoms. The number of rotatable bonds is 10. The van der Waals surface area contributed by atoms with Crippen molar-refractivity contribution in [2.75, 3.05) is 45.5 Å². The van der Waals surface area contributed by atoms with E-state index in [1.807, 2.05) is 42.6 Å². The Bertz CT molecular complexity index is 1480. The average Bonchev–Trinajstić information content (AvgIpc) is 3.58. The zero-order valence-corrected chi connectivity index (χ0v) is 24.7. The summed E-state index contributed by atoms with van der Waals surface area (Å²) < 4.78 is 40.9. The Morgan fingerprint density at radius 1 is 1.00 bits per heavy atom. The van der Waals surface area contributed by atoms with Crippen LogP contribution in [0.1, 0.15) is 53.9 Å². The number of hydrogen-bond donors (Lipinski definition) is 1. The number of fused-ring (bicyclic) bond motifs is 1. The smallest absolute Gasteiger partial charge is 0.256 e. The van der Waals surface area contributed by atoms with Gasteiger partial charge in [-0.3, -0.25) is 4.79 Å². The predicted molar refractivity (Wildman–Crippen MR) is 160 cm³/mol. The molecule has 3 heterocycles. The first-order chi connectivity index (χ1) is 19.7. The lowest BCUT2D eigenvalue weighted by Crippen LogP contribution is -2.39. The molecule has 3 aliphatic rings. The lowest BCUT2D eigenvalue weighted by Gasteiger charge is -2.34. The molecule has 2 aromatic carbocycles. The highest BCUT2D eigenvalue weighted by Crippen LogP contribution is 2.45. The molecule has 6 rings (SSSR count). The topological polar surface area (TPSA) is 74.6 Å². The van der Waals surface area contributed by atoms with Crippen LogP contribution in [0.4, 0.5) is 4.39 Å². The fourth-order valence-corrected chi connectivity index (χ4v) is 7.64. The molecule has 2 atom stereocenters. The quantitative estimate of drug-likeness (QED) is 0.353. The van der Waals surface area contributed by atoms with Gasteiger partial charge in [0.15, 0.2) is 0 Å². The molecule has 0 radical (unpaired) electrons. The van der Waals surface area contributed by atoms with E-state index < -0.39 is 10.0 Å². The number of halogens is 1. The van der Waals surface area contributed by atoms with Gasteiger partial charge in [-0.05, 0) is 98.7 Å². The maximum Gasteiger partial charge on any atom is 0.256 e. The van der Waals surface area contributed by atoms with Crippen molar-refractivity contribution >= 4 is 26.8 Å². The molecule has 41 heavy (non-hydrogen) atoms. The van der Waals surface area contributed by atoms with Gasteiger partial charge < -0.3 is 14.4 Å². The van der Waals surface area contributed by atoms with Crippen LogP contribution in [-0.4, -0.2) is 74.2 Å². The van der Waals surface area contributed by atoms with Crippen molar-refractivity contribution in [3.63, 3.8) is 0 Å². The molecule has 1 saturated carbocycles. The molecule has 2 aliphatic heterocycles. The van der Waals surface area contributed by atoms with Crippen LogP contribution in [0.5, 0.6) is 0 Å². The first kappa shape index (κ1) is 28.4. The lowest BCUT2D eigenvalue weighted by atomic mass is 9.87. The Morgan fingerprint density at radius 2 is 1.76 bits per heavy atom. The van der Waals surface area contributed by atoms with Gasteiger partial charge in [-0.15, -0.1) is 0 Å². The highest BCUT2D eigenvalue weighted by Gasteiger charge is 2.44. The molecular weight excluding hydrogens is 539 g/mol. The van der Waals surface area contributed by atoms with Crippen LogP contribution >= 0.6 is 0 Å². The van der Waals surface area contributed by atoms with E-state index in [0.29, 0.717) is 37.3 Å². The maximum atomic E-state index is 14.0. The fourth-order valence-electron chi connectivity index (χ4n) is 7.13. The van der Waals surface area contributed by atoms with Crippen LogP contribution in [-0.2, 0) is 16.6 Å². The van der Waals surface area contributed by atoms with Crippen molar-refractivity contribution in [2.24, 2.45) is 17.8 Å². The summed E-state index contributed by atoms with van der Waals surface area (Å²) >= 11 is 0. The molecule has 2 unspecified atom stereocenters. The van der Waals surface area contributed by atoms with Crippen molar-refractivity contribution in [1.82, 2.24) is 19.1 Å². The highest BCUT2D eigenvalue weighted by atomic mass is 32.2. The largest absolute Gasteiger partial charge is 0.347 e. The summed E-state index contributed by atoms with van der Waals surface area (Å²) in [5.74, 6) is 2.20. The zero-order valence-electron chi connectivity index (χ0n) is 23.8. The molecule has 1 aromatic heterocycles. The third-order valence-corrected chi connectivity index (χ3v) is 10.1. The van der Waals surface area contributed by atoms with Crippen LogP contribution < -0.4 is 4.72 Å². The number of amides is 1. The summed E-state index contributed by atoms with van der Waals surface area (Å²) in [5, 5.41) is 1.03. The molecule has 1 amide bonds. The van der Waals surface area contributed by atoms with E-state index in [-0.39, 0.29) is 11.7 Å². The van der Waals surface area contributed by atoms with Crippen LogP contribution in [0.25, 0.3) is 10.9 Å². The Hall–Kier alpha value is -2.75. The normalized spacial score (nSPS) is 22.5. The number of benzene rings is 2. The van der Waals surface area contributed by atoms with Crippen molar-refractivity contribution < 1.29 is 17.6 Å². The second-order valence-electron chi connectivity index (χ2n) is 12.4. The van der Waals surface area contributed by atoms with E-state index in [0.717, 1.165) is 67.9 Å². The van der Waals surface area contributed by atoms with E-state index in [4.69, 9.17) is 0 Å². The summed E-state index contributed by atoms with van der Waals surface area (Å²) in [6, 6.07) is 15.0. The van der Waals surface area contributed by atoms with E-state index in [2.05, 4.69) is 19.1 Å². The van der Waals surface area contributed by atoms with E-state index >= 15 is 0 Å². The number of sulfonamides is 1. The van der Waals surface area contributed by atoms with Crippen LogP contribution in [0.15, 0.2) is 54.7 Å². The summed E-state index contributed by atoms with van der Waals surface area (Å²) in [4.78, 5) is 18.7. The average molecular weight is 581 g/mol. The number of para-hydroxylation sites is 1. The number of piperidine rings is 1. The third-order valence-electron chi connectivity index (χ3n) is 9.39. The lowest BCUT2D eigenvalue weighted by molar-refractivity contribution is 0.0781. The monoisotopic (exact) mass is 580 g/mol. The number of nitrogens with zero attached hydrogens (tertiary/aromatic N) is 3. The molecule has 220 valence electrons. The van der Waals surface area contributed by atoms with Gasteiger partial charge in [-0.1, -0.05) is 24.3 Å². The number of nitrogens with one attached hydrogen (secondary N) is 1. The van der Waals surface area contributed by atoms with Gasteiger partial charge in [0.05, 0.1) is 17.3 Å². The third kappa shape index (κ3) is 6.68. The SMILES string of the molecule is CS(=O)(=O)NCCCn1ccc2cccc(C(=O)N3CC(CN4CCC(c5ccc(F)cc5)CC4)C(C4CC4)C3)c21. The second kappa shape index (κ2) is 11.9. The molecule has 3 aromatic rings. The van der Waals surface area contributed by atoms with E-state index in [1.165, 1.54) is 24.7 Å². The molecular formula is C32H41FN4O3S. The first-order valence-corrected chi connectivity index (χ1v) is 16.9. The molecule has 2 saturated heterocycles. The molecule has 9 heteroatoms.